The summed E-state index contributed by atoms with van der Waals surface area (Å²) in [6.07, 6.45) is 6.27. The van der Waals surface area contributed by atoms with Crippen LogP contribution in [0.4, 0.5) is 0 Å². The van der Waals surface area contributed by atoms with Gasteiger partial charge in [0.05, 0.1) is 30.0 Å². The summed E-state index contributed by atoms with van der Waals surface area (Å²) < 4.78 is 6.94. The van der Waals surface area contributed by atoms with Crippen LogP contribution in [0.3, 0.4) is 0 Å². The van der Waals surface area contributed by atoms with E-state index in [1.54, 1.807) is 17.0 Å². The molecule has 0 spiro atoms. The summed E-state index contributed by atoms with van der Waals surface area (Å²) in [5.74, 6) is 0.991. The van der Waals surface area contributed by atoms with E-state index in [1.165, 1.54) is 0 Å². The predicted molar refractivity (Wildman–Crippen MR) is 108 cm³/mol. The molecule has 2 unspecified atom stereocenters. The number of aromatic nitrogens is 2. The number of carbonyl (C=O) groups is 2. The number of rotatable bonds is 6. The zero-order chi connectivity index (χ0) is 20.6. The zero-order valence-corrected chi connectivity index (χ0v) is 16.9. The van der Waals surface area contributed by atoms with Crippen molar-refractivity contribution in [3.8, 4) is 0 Å². The highest BCUT2D eigenvalue weighted by Crippen LogP contribution is 2.46. The molecule has 2 amide bonds. The molecule has 3 aromatic rings. The van der Waals surface area contributed by atoms with Gasteiger partial charge in [-0.2, -0.15) is 5.10 Å². The number of amides is 2. The highest BCUT2D eigenvalue weighted by atomic mass is 16.3. The lowest BCUT2D eigenvalue weighted by Gasteiger charge is -2.52. The number of hydrogen-bond donors (Lipinski definition) is 2. The number of nitrogens with zero attached hydrogens (tertiary/aromatic N) is 2. The highest BCUT2D eigenvalue weighted by Gasteiger charge is 2.48. The molecule has 2 atom stereocenters. The topological polar surface area (TPSA) is 88.6 Å². The summed E-state index contributed by atoms with van der Waals surface area (Å²) in [6.45, 7) is 6.73. The fraction of sp³-hybridized carbons (Fsp3) is 0.409. The third-order valence-electron chi connectivity index (χ3n) is 6.32. The van der Waals surface area contributed by atoms with Crippen LogP contribution in [-0.2, 0) is 11.2 Å². The van der Waals surface area contributed by atoms with Crippen LogP contribution < -0.4 is 10.6 Å². The molecule has 3 heterocycles. The molecule has 3 aromatic heterocycles. The quantitative estimate of drug-likeness (QED) is 0.673. The second kappa shape index (κ2) is 7.39. The summed E-state index contributed by atoms with van der Waals surface area (Å²) in [5.41, 5.74) is 2.22. The van der Waals surface area contributed by atoms with Crippen molar-refractivity contribution in [1.82, 2.24) is 20.2 Å². The summed E-state index contributed by atoms with van der Waals surface area (Å²) in [7, 11) is 0. The number of pyridine rings is 1. The van der Waals surface area contributed by atoms with Gasteiger partial charge in [0.1, 0.15) is 5.76 Å². The van der Waals surface area contributed by atoms with E-state index in [2.05, 4.69) is 29.6 Å². The number of hydrogen-bond acceptors (Lipinski definition) is 4. The van der Waals surface area contributed by atoms with Gasteiger partial charge >= 0.3 is 0 Å². The minimum atomic E-state index is -0.0974. The zero-order valence-electron chi connectivity index (χ0n) is 16.9. The Labute approximate surface area is 169 Å². The van der Waals surface area contributed by atoms with Crippen LogP contribution in [0.15, 0.2) is 47.3 Å². The van der Waals surface area contributed by atoms with E-state index in [1.807, 2.05) is 37.4 Å². The molecule has 29 heavy (non-hydrogen) atoms. The number of fused-ring (bicyclic) bond motifs is 1. The average Bonchev–Trinajstić information content (AvgIpc) is 3.32. The molecule has 152 valence electrons. The SMILES string of the molecule is Cc1occc1CC(=O)NCC1CC(NC(=O)c2cccn3nccc23)C1(C)C. The Morgan fingerprint density at radius 1 is 1.31 bits per heavy atom. The van der Waals surface area contributed by atoms with Gasteiger partial charge in [0.2, 0.25) is 5.91 Å². The summed E-state index contributed by atoms with van der Waals surface area (Å²) in [6, 6.07) is 7.36. The molecule has 1 saturated carbocycles. The molecule has 2 N–H and O–H groups in total. The van der Waals surface area contributed by atoms with Gasteiger partial charge in [0.25, 0.3) is 5.91 Å². The third kappa shape index (κ3) is 3.64. The van der Waals surface area contributed by atoms with Crippen molar-refractivity contribution in [1.29, 1.82) is 0 Å². The summed E-state index contributed by atoms with van der Waals surface area (Å²) >= 11 is 0. The van der Waals surface area contributed by atoms with Crippen molar-refractivity contribution < 1.29 is 14.0 Å². The maximum Gasteiger partial charge on any atom is 0.253 e. The second-order valence-electron chi connectivity index (χ2n) is 8.35. The van der Waals surface area contributed by atoms with Crippen molar-refractivity contribution in [3.05, 3.63) is 59.8 Å². The van der Waals surface area contributed by atoms with Crippen LogP contribution in [0.1, 0.15) is 41.9 Å². The fourth-order valence-electron chi connectivity index (χ4n) is 4.05. The van der Waals surface area contributed by atoms with Crippen LogP contribution in [0, 0.1) is 18.3 Å². The van der Waals surface area contributed by atoms with Crippen LogP contribution in [0.2, 0.25) is 0 Å². The lowest BCUT2D eigenvalue weighted by Crippen LogP contribution is -2.60. The molecule has 0 aromatic carbocycles. The van der Waals surface area contributed by atoms with Crippen molar-refractivity contribution in [3.63, 3.8) is 0 Å². The largest absolute Gasteiger partial charge is 0.469 e. The lowest BCUT2D eigenvalue weighted by atomic mass is 9.58. The molecule has 0 aliphatic heterocycles. The third-order valence-corrected chi connectivity index (χ3v) is 6.32. The maximum atomic E-state index is 12.8. The Hall–Kier alpha value is -3.09. The standard InChI is InChI=1S/C22H26N4O3/c1-14-15(7-10-29-14)11-20(27)23-13-16-12-19(22(16,2)3)25-21(28)17-5-4-9-26-18(17)6-8-24-26/h4-10,16,19H,11-13H2,1-3H3,(H,23,27)(H,25,28). The minimum Gasteiger partial charge on any atom is -0.469 e. The first-order chi connectivity index (χ1) is 13.9. The minimum absolute atomic E-state index is 0.00908. The molecular weight excluding hydrogens is 368 g/mol. The smallest absolute Gasteiger partial charge is 0.253 e. The summed E-state index contributed by atoms with van der Waals surface area (Å²) in [4.78, 5) is 25.0. The van der Waals surface area contributed by atoms with E-state index in [0.717, 1.165) is 23.3 Å². The van der Waals surface area contributed by atoms with Gasteiger partial charge in [-0.25, -0.2) is 4.52 Å². The van der Waals surface area contributed by atoms with Crippen LogP contribution in [0.25, 0.3) is 5.52 Å². The second-order valence-corrected chi connectivity index (χ2v) is 8.35. The van der Waals surface area contributed by atoms with Gasteiger partial charge in [0.15, 0.2) is 0 Å². The predicted octanol–water partition coefficient (Wildman–Crippen LogP) is 2.74. The van der Waals surface area contributed by atoms with Gasteiger partial charge in [-0.1, -0.05) is 13.8 Å². The van der Waals surface area contributed by atoms with Crippen molar-refractivity contribution in [2.45, 2.75) is 39.7 Å². The van der Waals surface area contributed by atoms with E-state index in [-0.39, 0.29) is 23.3 Å². The van der Waals surface area contributed by atoms with E-state index in [4.69, 9.17) is 4.42 Å². The first-order valence-electron chi connectivity index (χ1n) is 9.89. The fourth-order valence-corrected chi connectivity index (χ4v) is 4.05. The molecule has 1 aliphatic rings. The monoisotopic (exact) mass is 394 g/mol. The van der Waals surface area contributed by atoms with Crippen LogP contribution >= 0.6 is 0 Å². The molecule has 0 bridgehead atoms. The number of aryl methyl sites for hydroxylation is 1. The number of nitrogens with one attached hydrogen (secondary N) is 2. The van der Waals surface area contributed by atoms with Gasteiger partial charge in [0, 0.05) is 24.3 Å². The number of furan rings is 1. The lowest BCUT2D eigenvalue weighted by molar-refractivity contribution is -0.121. The van der Waals surface area contributed by atoms with Crippen molar-refractivity contribution >= 4 is 17.3 Å². The summed E-state index contributed by atoms with van der Waals surface area (Å²) in [5, 5.41) is 10.4. The maximum absolute atomic E-state index is 12.8. The molecule has 0 radical (unpaired) electrons. The molecular formula is C22H26N4O3. The Kier molecular flexibility index (Phi) is 4.90. The highest BCUT2D eigenvalue weighted by molar-refractivity contribution is 6.00. The van der Waals surface area contributed by atoms with Gasteiger partial charge in [-0.05, 0) is 48.9 Å². The van der Waals surface area contributed by atoms with Crippen molar-refractivity contribution in [2.75, 3.05) is 6.54 Å². The van der Waals surface area contributed by atoms with Gasteiger partial charge < -0.3 is 15.1 Å². The molecule has 7 heteroatoms. The van der Waals surface area contributed by atoms with Crippen molar-refractivity contribution in [2.24, 2.45) is 11.3 Å². The number of carbonyl (C=O) groups excluding carboxylic acids is 2. The first-order valence-corrected chi connectivity index (χ1v) is 9.89. The Bertz CT molecular complexity index is 1050. The molecule has 0 saturated heterocycles. The molecule has 7 nitrogen and oxygen atoms in total. The Morgan fingerprint density at radius 3 is 2.86 bits per heavy atom. The Morgan fingerprint density at radius 2 is 2.14 bits per heavy atom. The van der Waals surface area contributed by atoms with Crippen LogP contribution in [0.5, 0.6) is 0 Å². The van der Waals surface area contributed by atoms with E-state index in [9.17, 15) is 9.59 Å². The normalized spacial score (nSPS) is 20.2. The Balaban J connectivity index is 1.31. The van der Waals surface area contributed by atoms with Gasteiger partial charge in [-0.3, -0.25) is 9.59 Å². The van der Waals surface area contributed by atoms with E-state index < -0.39 is 0 Å². The average molecular weight is 394 g/mol. The molecule has 1 aliphatic carbocycles. The van der Waals surface area contributed by atoms with E-state index in [0.29, 0.717) is 24.4 Å². The van der Waals surface area contributed by atoms with E-state index >= 15 is 0 Å². The van der Waals surface area contributed by atoms with Gasteiger partial charge in [-0.15, -0.1) is 0 Å². The molecule has 1 fully saturated rings. The first kappa shape index (κ1) is 19.2. The van der Waals surface area contributed by atoms with Crippen LogP contribution in [-0.4, -0.2) is 34.0 Å². The molecule has 4 rings (SSSR count).